The van der Waals surface area contributed by atoms with Gasteiger partial charge in [0.25, 0.3) is 0 Å². The van der Waals surface area contributed by atoms with Crippen LogP contribution in [0.15, 0.2) is 91.3 Å². The maximum atomic E-state index is 11.6. The SMILES string of the molecule is COCc1c(C(=O)O)ncc2[nH]c3ccc(Oc4cccc(Cl)c4C#N)cc3c12.COCc1c(C(=O)O)ncc2[nH]c3ccc(Oc4ccccc4C#N)cc3c12. The quantitative estimate of drug-likeness (QED) is 0.102. The summed E-state index contributed by atoms with van der Waals surface area (Å²) in [7, 11) is 3.00. The third kappa shape index (κ3) is 7.35. The number of aromatic amines is 2. The minimum atomic E-state index is -1.13. The number of carboxylic acid groups (broad SMARTS) is 2. The van der Waals surface area contributed by atoms with E-state index >= 15 is 0 Å². The van der Waals surface area contributed by atoms with E-state index in [0.29, 0.717) is 61.1 Å². The predicted octanol–water partition coefficient (Wildman–Crippen LogP) is 9.10. The fourth-order valence-electron chi connectivity index (χ4n) is 6.54. The minimum absolute atomic E-state index is 0.0450. The Morgan fingerprint density at radius 1 is 0.684 bits per heavy atom. The number of halogens is 1. The fraction of sp³-hybridized carbons (Fsp3) is 0.0952. The van der Waals surface area contributed by atoms with Gasteiger partial charge in [-0.2, -0.15) is 10.5 Å². The van der Waals surface area contributed by atoms with Crippen molar-refractivity contribution in [1.29, 1.82) is 10.5 Å². The summed E-state index contributed by atoms with van der Waals surface area (Å²) in [6.07, 6.45) is 2.99. The Hall–Kier alpha value is -7.49. The number of nitriles is 2. The number of carboxylic acids is 2. The van der Waals surface area contributed by atoms with Gasteiger partial charge in [0.1, 0.15) is 40.7 Å². The number of methoxy groups -OCH3 is 2. The van der Waals surface area contributed by atoms with Crippen LogP contribution in [0.1, 0.15) is 43.2 Å². The molecule has 0 amide bonds. The van der Waals surface area contributed by atoms with E-state index in [0.717, 1.165) is 27.2 Å². The van der Waals surface area contributed by atoms with Gasteiger partial charge < -0.3 is 39.1 Å². The molecule has 14 nitrogen and oxygen atoms in total. The molecule has 0 atom stereocenters. The lowest BCUT2D eigenvalue weighted by Gasteiger charge is -2.09. The number of hydrogen-bond acceptors (Lipinski definition) is 10. The average molecular weight is 781 g/mol. The zero-order chi connectivity index (χ0) is 40.2. The molecule has 4 aromatic heterocycles. The van der Waals surface area contributed by atoms with Crippen molar-refractivity contribution in [3.8, 4) is 35.1 Å². The molecule has 4 heterocycles. The van der Waals surface area contributed by atoms with Crippen LogP contribution in [0.3, 0.4) is 0 Å². The maximum Gasteiger partial charge on any atom is 0.354 e. The molecule has 0 aliphatic rings. The van der Waals surface area contributed by atoms with Crippen molar-refractivity contribution in [2.24, 2.45) is 0 Å². The lowest BCUT2D eigenvalue weighted by molar-refractivity contribution is 0.0675. The van der Waals surface area contributed by atoms with Crippen molar-refractivity contribution in [3.05, 3.63) is 130 Å². The van der Waals surface area contributed by atoms with Crippen LogP contribution in [-0.2, 0) is 22.7 Å². The highest BCUT2D eigenvalue weighted by Gasteiger charge is 2.21. The van der Waals surface area contributed by atoms with Crippen LogP contribution in [0.5, 0.6) is 23.0 Å². The van der Waals surface area contributed by atoms with Gasteiger partial charge in [-0.05, 0) is 60.7 Å². The van der Waals surface area contributed by atoms with Crippen LogP contribution < -0.4 is 9.47 Å². The molecule has 282 valence electrons. The van der Waals surface area contributed by atoms with Crippen LogP contribution in [0.4, 0.5) is 0 Å². The summed E-state index contributed by atoms with van der Waals surface area (Å²) in [5.41, 5.74) is 4.54. The molecule has 8 rings (SSSR count). The number of carbonyl (C=O) groups is 2. The third-order valence-corrected chi connectivity index (χ3v) is 9.27. The molecular weight excluding hydrogens is 752 g/mol. The smallest absolute Gasteiger partial charge is 0.354 e. The standard InChI is InChI=1S/C21H14ClN3O4.C21H15N3O4/c1-28-10-14-19-12-7-11(29-18-4-2-3-15(22)13(18)8-23)5-6-16(12)25-17(19)9-24-20(14)21(26)27;1-27-11-15-19-14-8-13(28-18-5-3-2-4-12(18)9-22)6-7-16(14)24-17(19)10-23-20(15)21(25)26/h2-7,9,25H,10H2,1H3,(H,26,27);2-8,10,24H,11H2,1H3,(H,25,26). The molecule has 0 fully saturated rings. The van der Waals surface area contributed by atoms with Crippen LogP contribution in [0.25, 0.3) is 43.6 Å². The minimum Gasteiger partial charge on any atom is -0.477 e. The van der Waals surface area contributed by atoms with Crippen molar-refractivity contribution in [2.45, 2.75) is 13.2 Å². The van der Waals surface area contributed by atoms with Crippen LogP contribution in [-0.4, -0.2) is 56.3 Å². The summed E-state index contributed by atoms with van der Waals surface area (Å²) in [4.78, 5) is 37.8. The Kier molecular flexibility index (Phi) is 10.7. The average Bonchev–Trinajstić information content (AvgIpc) is 3.77. The topological polar surface area (TPSA) is 216 Å². The van der Waals surface area contributed by atoms with E-state index in [9.17, 15) is 30.3 Å². The van der Waals surface area contributed by atoms with Crippen LogP contribution >= 0.6 is 11.6 Å². The van der Waals surface area contributed by atoms with Gasteiger partial charge in [0, 0.05) is 57.9 Å². The van der Waals surface area contributed by atoms with Gasteiger partial charge in [0.15, 0.2) is 11.4 Å². The zero-order valence-corrected chi connectivity index (χ0v) is 30.8. The first kappa shape index (κ1) is 37.8. The lowest BCUT2D eigenvalue weighted by atomic mass is 10.1. The first-order valence-electron chi connectivity index (χ1n) is 17.0. The van der Waals surface area contributed by atoms with E-state index in [4.69, 9.17) is 30.5 Å². The molecule has 57 heavy (non-hydrogen) atoms. The second-order valence-corrected chi connectivity index (χ2v) is 12.8. The molecule has 0 aliphatic carbocycles. The summed E-state index contributed by atoms with van der Waals surface area (Å²) in [6, 6.07) is 26.9. The number of aromatic carboxylic acids is 2. The molecule has 8 aromatic rings. The Bertz CT molecular complexity index is 2960. The molecule has 15 heteroatoms. The summed E-state index contributed by atoms with van der Waals surface area (Å²) >= 11 is 6.07. The zero-order valence-electron chi connectivity index (χ0n) is 30.1. The van der Waals surface area contributed by atoms with Gasteiger partial charge in [-0.1, -0.05) is 29.8 Å². The van der Waals surface area contributed by atoms with E-state index in [2.05, 4.69) is 26.0 Å². The van der Waals surface area contributed by atoms with Crippen molar-refractivity contribution in [2.75, 3.05) is 14.2 Å². The number of pyridine rings is 2. The summed E-state index contributed by atoms with van der Waals surface area (Å²) < 4.78 is 22.2. The molecule has 0 bridgehead atoms. The molecule has 0 radical (unpaired) electrons. The van der Waals surface area contributed by atoms with E-state index in [1.807, 2.05) is 24.3 Å². The Labute approximate surface area is 328 Å². The molecule has 0 spiro atoms. The number of nitrogens with one attached hydrogen (secondary N) is 2. The summed E-state index contributed by atoms with van der Waals surface area (Å²) in [6.45, 7) is 0.207. The highest BCUT2D eigenvalue weighted by atomic mass is 35.5. The highest BCUT2D eigenvalue weighted by Crippen LogP contribution is 2.37. The number of rotatable bonds is 10. The molecule has 0 unspecified atom stereocenters. The summed E-state index contributed by atoms with van der Waals surface area (Å²) in [5, 5.41) is 40.8. The molecule has 0 saturated carbocycles. The predicted molar refractivity (Wildman–Crippen MR) is 210 cm³/mol. The van der Waals surface area contributed by atoms with Crippen molar-refractivity contribution >= 4 is 67.2 Å². The number of para-hydroxylation sites is 1. The van der Waals surface area contributed by atoms with Gasteiger partial charge in [0.2, 0.25) is 0 Å². The van der Waals surface area contributed by atoms with Gasteiger partial charge in [0.05, 0.1) is 47.2 Å². The highest BCUT2D eigenvalue weighted by molar-refractivity contribution is 6.32. The first-order chi connectivity index (χ1) is 27.6. The molecular formula is C42H29ClN6O8. The number of hydrogen-bond donors (Lipinski definition) is 4. The van der Waals surface area contributed by atoms with Crippen molar-refractivity contribution in [1.82, 2.24) is 19.9 Å². The monoisotopic (exact) mass is 780 g/mol. The van der Waals surface area contributed by atoms with E-state index in [-0.39, 0.29) is 30.2 Å². The molecule has 4 aromatic carbocycles. The van der Waals surface area contributed by atoms with E-state index in [1.54, 1.807) is 60.7 Å². The number of fused-ring (bicyclic) bond motifs is 6. The molecule has 4 N–H and O–H groups in total. The van der Waals surface area contributed by atoms with Gasteiger partial charge >= 0.3 is 11.9 Å². The van der Waals surface area contributed by atoms with E-state index in [1.165, 1.54) is 26.6 Å². The lowest BCUT2D eigenvalue weighted by Crippen LogP contribution is -2.07. The fourth-order valence-corrected chi connectivity index (χ4v) is 6.75. The van der Waals surface area contributed by atoms with Gasteiger partial charge in [-0.3, -0.25) is 0 Å². The Morgan fingerprint density at radius 2 is 1.19 bits per heavy atom. The number of H-pyrrole nitrogens is 2. The van der Waals surface area contributed by atoms with Crippen molar-refractivity contribution in [3.63, 3.8) is 0 Å². The normalized spacial score (nSPS) is 10.9. The number of nitrogens with zero attached hydrogens (tertiary/aromatic N) is 4. The Morgan fingerprint density at radius 3 is 1.68 bits per heavy atom. The van der Waals surface area contributed by atoms with Crippen LogP contribution in [0, 0.1) is 22.7 Å². The maximum absolute atomic E-state index is 11.6. The molecule has 0 saturated heterocycles. The summed E-state index contributed by atoms with van der Waals surface area (Å²) in [5.74, 6) is -0.433. The van der Waals surface area contributed by atoms with Gasteiger partial charge in [-0.15, -0.1) is 0 Å². The second-order valence-electron chi connectivity index (χ2n) is 12.4. The number of ether oxygens (including phenoxy) is 4. The first-order valence-corrected chi connectivity index (χ1v) is 17.4. The second kappa shape index (κ2) is 16.1. The van der Waals surface area contributed by atoms with Gasteiger partial charge in [-0.25, -0.2) is 19.6 Å². The Balaban J connectivity index is 0.000000174. The largest absolute Gasteiger partial charge is 0.477 e. The molecule has 0 aliphatic heterocycles. The number of aromatic nitrogens is 4. The van der Waals surface area contributed by atoms with Crippen molar-refractivity contribution < 1.29 is 38.7 Å². The van der Waals surface area contributed by atoms with Crippen LogP contribution in [0.2, 0.25) is 5.02 Å². The third-order valence-electron chi connectivity index (χ3n) is 8.95. The van der Waals surface area contributed by atoms with E-state index < -0.39 is 11.9 Å². The number of benzene rings is 4.